The number of rotatable bonds is 9. The van der Waals surface area contributed by atoms with Crippen molar-refractivity contribution in [1.82, 2.24) is 14.3 Å². The van der Waals surface area contributed by atoms with E-state index in [1.165, 1.54) is 48.8 Å². The highest BCUT2D eigenvalue weighted by Gasteiger charge is 2.26. The molecule has 2 aromatic heterocycles. The second kappa shape index (κ2) is 13.0. The van der Waals surface area contributed by atoms with Crippen molar-refractivity contribution in [3.8, 4) is 11.5 Å². The van der Waals surface area contributed by atoms with Crippen molar-refractivity contribution in [3.05, 3.63) is 114 Å². The number of carbonyl (C=O) groups excluding carboxylic acids is 2. The lowest BCUT2D eigenvalue weighted by atomic mass is 10.0. The van der Waals surface area contributed by atoms with Crippen molar-refractivity contribution in [2.45, 2.75) is 50.7 Å². The molecule has 10 nitrogen and oxygen atoms in total. The number of alkyl carbamates (subject to hydrolysis) is 1. The Kier molecular flexibility index (Phi) is 9.10. The Morgan fingerprint density at radius 3 is 2.35 bits per heavy atom. The van der Waals surface area contributed by atoms with Crippen molar-refractivity contribution < 1.29 is 31.9 Å². The highest BCUT2D eigenvalue weighted by atomic mass is 32.2. The SMILES string of the molecule is Cc1ccc(S(=O)(=O)n2ccc3c(Oc4ccc(C[C@H](NC(=O)OC(C)(C)C)C(=O)Nc5ccccc5)cc4F)ccnc32)cc1. The molecule has 0 radical (unpaired) electrons. The number of para-hydroxylation sites is 1. The highest BCUT2D eigenvalue weighted by Crippen LogP contribution is 2.33. The summed E-state index contributed by atoms with van der Waals surface area (Å²) in [5, 5.41) is 5.69. The molecule has 0 bridgehead atoms. The molecule has 0 aliphatic carbocycles. The van der Waals surface area contributed by atoms with Crippen LogP contribution in [0.3, 0.4) is 0 Å². The smallest absolute Gasteiger partial charge is 0.408 e. The number of aromatic nitrogens is 2. The average Bonchev–Trinajstić information content (AvgIpc) is 3.44. The number of amides is 2. The fourth-order valence-electron chi connectivity index (χ4n) is 4.62. The molecule has 0 spiro atoms. The normalized spacial score (nSPS) is 12.4. The molecule has 0 saturated carbocycles. The lowest BCUT2D eigenvalue weighted by molar-refractivity contribution is -0.118. The van der Waals surface area contributed by atoms with Crippen LogP contribution in [0.5, 0.6) is 11.5 Å². The van der Waals surface area contributed by atoms with Gasteiger partial charge >= 0.3 is 6.09 Å². The third-order valence-electron chi connectivity index (χ3n) is 6.80. The number of anilines is 1. The Bertz CT molecular complexity index is 1990. The third-order valence-corrected chi connectivity index (χ3v) is 8.48. The van der Waals surface area contributed by atoms with E-state index in [0.29, 0.717) is 16.6 Å². The van der Waals surface area contributed by atoms with Crippen molar-refractivity contribution in [3.63, 3.8) is 0 Å². The topological polar surface area (TPSA) is 129 Å². The van der Waals surface area contributed by atoms with Crippen LogP contribution in [0.4, 0.5) is 14.9 Å². The van der Waals surface area contributed by atoms with E-state index in [-0.39, 0.29) is 28.5 Å². The highest BCUT2D eigenvalue weighted by molar-refractivity contribution is 7.90. The summed E-state index contributed by atoms with van der Waals surface area (Å²) in [6.45, 7) is 6.97. The Labute approximate surface area is 266 Å². The number of hydrogen-bond acceptors (Lipinski definition) is 7. The van der Waals surface area contributed by atoms with E-state index in [1.807, 2.05) is 6.92 Å². The fraction of sp³-hybridized carbons (Fsp3) is 0.206. The zero-order valence-electron chi connectivity index (χ0n) is 25.7. The number of ether oxygens (including phenoxy) is 2. The first kappa shape index (κ1) is 32.2. The molecular weight excluding hydrogens is 611 g/mol. The number of nitrogens with one attached hydrogen (secondary N) is 2. The van der Waals surface area contributed by atoms with Gasteiger partial charge in [-0.05, 0) is 81.8 Å². The molecule has 2 amide bonds. The molecule has 0 fully saturated rings. The number of aryl methyl sites for hydroxylation is 1. The standard InChI is InChI=1S/C34H33FN4O6S/c1-22-10-13-25(14-11-22)46(42,43)39-19-17-26-29(16-18-36-31(26)39)44-30-15-12-23(20-27(30)35)21-28(38-33(41)45-34(2,3)4)32(40)37-24-8-6-5-7-9-24/h5-20,28H,21H2,1-4H3,(H,37,40)(H,38,41)/t28-/m0/s1. The molecule has 12 heteroatoms. The Balaban J connectivity index is 1.37. The first-order chi connectivity index (χ1) is 21.8. The van der Waals surface area contributed by atoms with E-state index in [2.05, 4.69) is 15.6 Å². The largest absolute Gasteiger partial charge is 0.453 e. The van der Waals surface area contributed by atoms with Gasteiger partial charge in [-0.1, -0.05) is 42.0 Å². The van der Waals surface area contributed by atoms with Crippen LogP contribution >= 0.6 is 0 Å². The lowest BCUT2D eigenvalue weighted by Crippen LogP contribution is -2.47. The molecule has 1 atom stereocenters. The minimum absolute atomic E-state index is 0.0473. The maximum Gasteiger partial charge on any atom is 0.408 e. The van der Waals surface area contributed by atoms with Crippen LogP contribution in [-0.4, -0.2) is 41.0 Å². The van der Waals surface area contributed by atoms with Crippen LogP contribution in [0.2, 0.25) is 0 Å². The molecule has 0 saturated heterocycles. The Morgan fingerprint density at radius 2 is 1.67 bits per heavy atom. The molecule has 5 aromatic rings. The van der Waals surface area contributed by atoms with Crippen molar-refractivity contribution >= 4 is 38.7 Å². The van der Waals surface area contributed by atoms with Gasteiger partial charge in [-0.2, -0.15) is 0 Å². The number of carbonyl (C=O) groups is 2. The van der Waals surface area contributed by atoms with Crippen LogP contribution < -0.4 is 15.4 Å². The van der Waals surface area contributed by atoms with Gasteiger partial charge in [-0.25, -0.2) is 26.6 Å². The van der Waals surface area contributed by atoms with Gasteiger partial charge in [0, 0.05) is 24.5 Å². The van der Waals surface area contributed by atoms with Crippen molar-refractivity contribution in [1.29, 1.82) is 0 Å². The van der Waals surface area contributed by atoms with Crippen LogP contribution in [-0.2, 0) is 26.0 Å². The minimum Gasteiger partial charge on any atom is -0.453 e. The van der Waals surface area contributed by atoms with Crippen LogP contribution in [0.15, 0.2) is 102 Å². The molecule has 0 unspecified atom stereocenters. The minimum atomic E-state index is -3.95. The predicted octanol–water partition coefficient (Wildman–Crippen LogP) is 6.59. The van der Waals surface area contributed by atoms with Gasteiger partial charge in [0.25, 0.3) is 10.0 Å². The van der Waals surface area contributed by atoms with E-state index in [1.54, 1.807) is 69.3 Å². The molecule has 0 aliphatic rings. The molecule has 46 heavy (non-hydrogen) atoms. The molecular formula is C34H33FN4O6S. The van der Waals surface area contributed by atoms with Gasteiger partial charge in [-0.3, -0.25) is 4.79 Å². The molecule has 2 N–H and O–H groups in total. The first-order valence-electron chi connectivity index (χ1n) is 14.4. The summed E-state index contributed by atoms with van der Waals surface area (Å²) in [6, 6.07) is 21.3. The molecule has 238 valence electrons. The van der Waals surface area contributed by atoms with Gasteiger partial charge in [0.1, 0.15) is 17.4 Å². The van der Waals surface area contributed by atoms with Crippen molar-refractivity contribution in [2.24, 2.45) is 0 Å². The second-order valence-corrected chi connectivity index (χ2v) is 13.4. The maximum atomic E-state index is 15.4. The summed E-state index contributed by atoms with van der Waals surface area (Å²) >= 11 is 0. The lowest BCUT2D eigenvalue weighted by Gasteiger charge is -2.23. The molecule has 0 aliphatic heterocycles. The van der Waals surface area contributed by atoms with Crippen molar-refractivity contribution in [2.75, 3.05) is 5.32 Å². The van der Waals surface area contributed by atoms with E-state index in [4.69, 9.17) is 9.47 Å². The number of benzene rings is 3. The summed E-state index contributed by atoms with van der Waals surface area (Å²) in [5.41, 5.74) is 1.19. The summed E-state index contributed by atoms with van der Waals surface area (Å²) in [4.78, 5) is 30.1. The maximum absolute atomic E-state index is 15.4. The number of pyridine rings is 1. The zero-order chi connectivity index (χ0) is 33.1. The number of nitrogens with zero attached hydrogens (tertiary/aromatic N) is 2. The van der Waals surface area contributed by atoms with E-state index in [9.17, 15) is 18.0 Å². The Hall–Kier alpha value is -5.23. The zero-order valence-corrected chi connectivity index (χ0v) is 26.5. The summed E-state index contributed by atoms with van der Waals surface area (Å²) in [6.07, 6.45) is 1.91. The quantitative estimate of drug-likeness (QED) is 0.185. The van der Waals surface area contributed by atoms with Gasteiger partial charge in [0.05, 0.1) is 10.3 Å². The first-order valence-corrected chi connectivity index (χ1v) is 15.8. The molecule has 5 rings (SSSR count). The van der Waals surface area contributed by atoms with Gasteiger partial charge in [0.2, 0.25) is 5.91 Å². The average molecular weight is 645 g/mol. The number of halogens is 1. The van der Waals surface area contributed by atoms with E-state index >= 15 is 4.39 Å². The van der Waals surface area contributed by atoms with Gasteiger partial charge in [0.15, 0.2) is 17.2 Å². The molecule has 3 aromatic carbocycles. The molecule has 2 heterocycles. The van der Waals surface area contributed by atoms with Gasteiger partial charge < -0.3 is 20.1 Å². The summed E-state index contributed by atoms with van der Waals surface area (Å²) in [7, 11) is -3.95. The summed E-state index contributed by atoms with van der Waals surface area (Å²) < 4.78 is 54.3. The fourth-order valence-corrected chi connectivity index (χ4v) is 5.92. The number of hydrogen-bond donors (Lipinski definition) is 2. The third kappa shape index (κ3) is 7.52. The summed E-state index contributed by atoms with van der Waals surface area (Å²) in [5.74, 6) is -1.17. The van der Waals surface area contributed by atoms with Crippen LogP contribution in [0.1, 0.15) is 31.9 Å². The van der Waals surface area contributed by atoms with Crippen LogP contribution in [0.25, 0.3) is 11.0 Å². The predicted molar refractivity (Wildman–Crippen MR) is 172 cm³/mol. The number of fused-ring (bicyclic) bond motifs is 1. The van der Waals surface area contributed by atoms with E-state index in [0.717, 1.165) is 9.54 Å². The Morgan fingerprint density at radius 1 is 0.957 bits per heavy atom. The van der Waals surface area contributed by atoms with E-state index < -0.39 is 39.5 Å². The second-order valence-electron chi connectivity index (χ2n) is 11.6. The van der Waals surface area contributed by atoms with Gasteiger partial charge in [-0.15, -0.1) is 0 Å². The van der Waals surface area contributed by atoms with Crippen LogP contribution in [0, 0.1) is 12.7 Å². The monoisotopic (exact) mass is 644 g/mol.